The van der Waals surface area contributed by atoms with Gasteiger partial charge >= 0.3 is 6.18 Å². The molecule has 1 amide bonds. The number of nitrogens with zero attached hydrogens (tertiary/aromatic N) is 2. The SMILES string of the molecule is O=C1C(N2CCC(O)C2)CCN1CC(F)(F)F. The van der Waals surface area contributed by atoms with Gasteiger partial charge < -0.3 is 10.0 Å². The monoisotopic (exact) mass is 252 g/mol. The molecule has 0 saturated carbocycles. The van der Waals surface area contributed by atoms with E-state index in [-0.39, 0.29) is 6.54 Å². The molecule has 2 aliphatic heterocycles. The fraction of sp³-hybridized carbons (Fsp3) is 0.900. The third kappa shape index (κ3) is 2.90. The second kappa shape index (κ2) is 4.45. The van der Waals surface area contributed by atoms with E-state index in [2.05, 4.69) is 0 Å². The van der Waals surface area contributed by atoms with Gasteiger partial charge in [0, 0.05) is 19.6 Å². The van der Waals surface area contributed by atoms with Crippen LogP contribution in [0, 0.1) is 0 Å². The Morgan fingerprint density at radius 2 is 2.00 bits per heavy atom. The highest BCUT2D eigenvalue weighted by atomic mass is 19.4. The fourth-order valence-corrected chi connectivity index (χ4v) is 2.49. The van der Waals surface area contributed by atoms with Crippen LogP contribution in [-0.4, -0.2) is 65.3 Å². The Kier molecular flexibility index (Phi) is 3.31. The van der Waals surface area contributed by atoms with Gasteiger partial charge in [0.2, 0.25) is 5.91 Å². The molecule has 4 nitrogen and oxygen atoms in total. The Morgan fingerprint density at radius 3 is 2.53 bits per heavy atom. The summed E-state index contributed by atoms with van der Waals surface area (Å²) in [6.07, 6.45) is -3.79. The molecule has 17 heavy (non-hydrogen) atoms. The lowest BCUT2D eigenvalue weighted by Crippen LogP contribution is -2.43. The highest BCUT2D eigenvalue weighted by Crippen LogP contribution is 2.25. The summed E-state index contributed by atoms with van der Waals surface area (Å²) in [7, 11) is 0. The number of likely N-dealkylation sites (tertiary alicyclic amines) is 2. The van der Waals surface area contributed by atoms with Crippen LogP contribution >= 0.6 is 0 Å². The molecule has 98 valence electrons. The maximum Gasteiger partial charge on any atom is 0.406 e. The number of halogens is 3. The average molecular weight is 252 g/mol. The van der Waals surface area contributed by atoms with Crippen LogP contribution in [0.3, 0.4) is 0 Å². The van der Waals surface area contributed by atoms with Crippen molar-refractivity contribution in [1.82, 2.24) is 9.80 Å². The molecule has 0 radical (unpaired) electrons. The summed E-state index contributed by atoms with van der Waals surface area (Å²) in [5.74, 6) is -0.462. The third-order valence-electron chi connectivity index (χ3n) is 3.27. The summed E-state index contributed by atoms with van der Waals surface area (Å²) in [4.78, 5) is 14.4. The molecule has 2 unspecified atom stereocenters. The third-order valence-corrected chi connectivity index (χ3v) is 3.27. The molecule has 0 aromatic carbocycles. The fourth-order valence-electron chi connectivity index (χ4n) is 2.49. The molecule has 2 atom stereocenters. The molecule has 0 aromatic rings. The van der Waals surface area contributed by atoms with E-state index in [9.17, 15) is 23.1 Å². The normalized spacial score (nSPS) is 31.5. The number of hydrogen-bond acceptors (Lipinski definition) is 3. The van der Waals surface area contributed by atoms with Gasteiger partial charge in [-0.3, -0.25) is 9.69 Å². The first-order valence-electron chi connectivity index (χ1n) is 5.64. The van der Waals surface area contributed by atoms with Gasteiger partial charge in [-0.25, -0.2) is 0 Å². The largest absolute Gasteiger partial charge is 0.406 e. The molecule has 2 fully saturated rings. The van der Waals surface area contributed by atoms with E-state index in [0.29, 0.717) is 25.9 Å². The summed E-state index contributed by atoms with van der Waals surface area (Å²) in [5.41, 5.74) is 0. The number of carbonyl (C=O) groups excluding carboxylic acids is 1. The predicted molar refractivity (Wildman–Crippen MR) is 53.2 cm³/mol. The van der Waals surface area contributed by atoms with Crippen molar-refractivity contribution < 1.29 is 23.1 Å². The van der Waals surface area contributed by atoms with Crippen molar-refractivity contribution in [3.63, 3.8) is 0 Å². The second-order valence-corrected chi connectivity index (χ2v) is 4.62. The predicted octanol–water partition coefficient (Wildman–Crippen LogP) is 0.216. The standard InChI is InChI=1S/C10H15F3N2O2/c11-10(12,13)6-15-4-2-8(9(15)17)14-3-1-7(16)5-14/h7-8,16H,1-6H2. The highest BCUT2D eigenvalue weighted by molar-refractivity contribution is 5.84. The number of aliphatic hydroxyl groups is 1. The van der Waals surface area contributed by atoms with Crippen molar-refractivity contribution >= 4 is 5.91 Å². The number of carbonyl (C=O) groups is 1. The van der Waals surface area contributed by atoms with E-state index in [4.69, 9.17) is 0 Å². The molecule has 0 spiro atoms. The zero-order valence-electron chi connectivity index (χ0n) is 9.28. The van der Waals surface area contributed by atoms with Gasteiger partial charge in [0.25, 0.3) is 0 Å². The van der Waals surface area contributed by atoms with Gasteiger partial charge in [0.1, 0.15) is 6.54 Å². The number of aliphatic hydroxyl groups excluding tert-OH is 1. The zero-order chi connectivity index (χ0) is 12.6. The summed E-state index contributed by atoms with van der Waals surface area (Å²) in [6.45, 7) is -0.0535. The van der Waals surface area contributed by atoms with Crippen LogP contribution < -0.4 is 0 Å². The van der Waals surface area contributed by atoms with E-state index >= 15 is 0 Å². The van der Waals surface area contributed by atoms with Crippen molar-refractivity contribution in [2.24, 2.45) is 0 Å². The Labute approximate surface area is 97.0 Å². The van der Waals surface area contributed by atoms with Crippen LogP contribution in [-0.2, 0) is 4.79 Å². The maximum atomic E-state index is 12.2. The van der Waals surface area contributed by atoms with Gasteiger partial charge in [0.15, 0.2) is 0 Å². The van der Waals surface area contributed by atoms with Gasteiger partial charge in [-0.15, -0.1) is 0 Å². The van der Waals surface area contributed by atoms with E-state index in [0.717, 1.165) is 4.90 Å². The number of hydrogen-bond donors (Lipinski definition) is 1. The lowest BCUT2D eigenvalue weighted by molar-refractivity contribution is -0.159. The van der Waals surface area contributed by atoms with Crippen LogP contribution in [0.2, 0.25) is 0 Å². The van der Waals surface area contributed by atoms with Crippen molar-refractivity contribution in [2.75, 3.05) is 26.2 Å². The minimum absolute atomic E-state index is 0.148. The lowest BCUT2D eigenvalue weighted by Gasteiger charge is -2.23. The molecular formula is C10H15F3N2O2. The van der Waals surface area contributed by atoms with Gasteiger partial charge in [0.05, 0.1) is 12.1 Å². The Morgan fingerprint density at radius 1 is 1.29 bits per heavy atom. The van der Waals surface area contributed by atoms with Gasteiger partial charge in [-0.2, -0.15) is 13.2 Å². The van der Waals surface area contributed by atoms with E-state index < -0.39 is 30.8 Å². The van der Waals surface area contributed by atoms with Crippen LogP contribution in [0.25, 0.3) is 0 Å². The van der Waals surface area contributed by atoms with Gasteiger partial charge in [-0.05, 0) is 12.8 Å². The van der Waals surface area contributed by atoms with Crippen LogP contribution in [0.5, 0.6) is 0 Å². The van der Waals surface area contributed by atoms with Crippen LogP contribution in [0.4, 0.5) is 13.2 Å². The molecule has 2 heterocycles. The summed E-state index contributed by atoms with van der Waals surface area (Å²) in [5, 5.41) is 9.35. The van der Waals surface area contributed by atoms with Crippen molar-refractivity contribution in [1.29, 1.82) is 0 Å². The molecule has 0 aliphatic carbocycles. The Balaban J connectivity index is 1.93. The van der Waals surface area contributed by atoms with E-state index in [1.54, 1.807) is 4.90 Å². The average Bonchev–Trinajstić information content (AvgIpc) is 2.73. The lowest BCUT2D eigenvalue weighted by atomic mass is 10.2. The first kappa shape index (κ1) is 12.6. The molecule has 0 aromatic heterocycles. The van der Waals surface area contributed by atoms with Crippen LogP contribution in [0.1, 0.15) is 12.8 Å². The molecular weight excluding hydrogens is 237 g/mol. The van der Waals surface area contributed by atoms with Crippen molar-refractivity contribution in [3.05, 3.63) is 0 Å². The Bertz CT molecular complexity index is 308. The number of alkyl halides is 3. The Hall–Kier alpha value is -0.820. The minimum atomic E-state index is -4.34. The maximum absolute atomic E-state index is 12.2. The first-order valence-corrected chi connectivity index (χ1v) is 5.64. The number of amides is 1. The topological polar surface area (TPSA) is 43.8 Å². The molecule has 2 rings (SSSR count). The molecule has 1 N–H and O–H groups in total. The summed E-state index contributed by atoms with van der Waals surface area (Å²) >= 11 is 0. The molecule has 0 bridgehead atoms. The van der Waals surface area contributed by atoms with Gasteiger partial charge in [-0.1, -0.05) is 0 Å². The number of β-amino-alcohol motifs (C(OH)–C–C–N with tert-alkyl or cyclic N) is 1. The van der Waals surface area contributed by atoms with E-state index in [1.165, 1.54) is 0 Å². The second-order valence-electron chi connectivity index (χ2n) is 4.62. The quantitative estimate of drug-likeness (QED) is 0.764. The molecule has 2 aliphatic rings. The summed E-state index contributed by atoms with van der Waals surface area (Å²) in [6, 6.07) is -0.477. The van der Waals surface area contributed by atoms with E-state index in [1.807, 2.05) is 0 Å². The number of rotatable bonds is 2. The van der Waals surface area contributed by atoms with Crippen molar-refractivity contribution in [2.45, 2.75) is 31.2 Å². The summed E-state index contributed by atoms with van der Waals surface area (Å²) < 4.78 is 36.6. The zero-order valence-corrected chi connectivity index (χ0v) is 9.28. The smallest absolute Gasteiger partial charge is 0.392 e. The van der Waals surface area contributed by atoms with Crippen molar-refractivity contribution in [3.8, 4) is 0 Å². The minimum Gasteiger partial charge on any atom is -0.392 e. The molecule has 7 heteroatoms. The first-order chi connectivity index (χ1) is 7.87. The highest BCUT2D eigenvalue weighted by Gasteiger charge is 2.42. The molecule has 2 saturated heterocycles. The van der Waals surface area contributed by atoms with Crippen LogP contribution in [0.15, 0.2) is 0 Å².